The largest absolute Gasteiger partial charge is 0.472 e. The van der Waals surface area contributed by atoms with Crippen LogP contribution in [-0.2, 0) is 55.8 Å². The van der Waals surface area contributed by atoms with Crippen LogP contribution in [0.15, 0.2) is 182 Å². The summed E-state index contributed by atoms with van der Waals surface area (Å²) in [5.41, 5.74) is 0. The molecule has 0 fully saturated rings. The fourth-order valence-corrected chi connectivity index (χ4v) is 14.5. The van der Waals surface area contributed by atoms with Gasteiger partial charge in [-0.3, -0.25) is 32.5 Å². The number of carbonyl (C=O) groups is 3. The maximum absolute atomic E-state index is 13.1. The first-order chi connectivity index (χ1) is 59.2. The third kappa shape index (κ3) is 95.2. The minimum absolute atomic E-state index is 0.0903. The molecule has 0 aliphatic carbocycles. The summed E-state index contributed by atoms with van der Waals surface area (Å²) in [6, 6.07) is 0. The molecule has 0 radical (unpaired) electrons. The third-order valence-electron chi connectivity index (χ3n) is 20.1. The molecule has 0 rings (SSSR count). The van der Waals surface area contributed by atoms with Crippen molar-refractivity contribution < 1.29 is 75.8 Å². The highest BCUT2D eigenvalue weighted by molar-refractivity contribution is 7.47. The standard InChI is InChI=1S/C103H174O16P2/c1-4-7-10-13-16-19-22-25-28-31-34-37-40-43-45-46-47-48-49-50-52-55-56-59-62-65-68-71-74-77-80-83-86-89-101(106)113-92-98(104)93-115-120(109,110)116-94-99(105)95-117-121(111,112)118-97-100(119-103(108)91-88-85-82-79-76-73-70-67-64-61-58-53-42-39-36-33-30-27-24-21-18-15-12-9-6-3)96-114-102(107)90-87-84-81-78-75-72-69-66-63-60-57-54-51-44-41-38-35-32-29-26-23-20-17-14-11-8-5-2/h7-8,10-11,16-21,25-30,34-39,43-45,51,53,57-58,60,98-100,104-105H,4-6,9,12-15,22-24,31-33,40-42,46-50,52,54-56,59,61-97H2,1-3H3,(H,109,110)(H,111,112)/b10-7-,11-8-,19-16-,20-17-,21-18-,28-25-,29-26-,30-27-,37-34-,38-35-,39-36-,45-43-,51-44-,58-53-,60-57-. The van der Waals surface area contributed by atoms with Gasteiger partial charge in [-0.25, -0.2) is 9.13 Å². The van der Waals surface area contributed by atoms with E-state index in [1.54, 1.807) is 0 Å². The van der Waals surface area contributed by atoms with Gasteiger partial charge in [0.15, 0.2) is 6.10 Å². The molecule has 16 nitrogen and oxygen atoms in total. The van der Waals surface area contributed by atoms with E-state index in [0.717, 1.165) is 180 Å². The molecule has 0 aromatic carbocycles. The topological polar surface area (TPSA) is 231 Å². The van der Waals surface area contributed by atoms with Crippen molar-refractivity contribution in [3.63, 3.8) is 0 Å². The number of hydrogen-bond acceptors (Lipinski definition) is 14. The molecule has 18 heteroatoms. The Labute approximate surface area is 738 Å². The lowest BCUT2D eigenvalue weighted by molar-refractivity contribution is -0.161. The van der Waals surface area contributed by atoms with Crippen molar-refractivity contribution in [3.8, 4) is 0 Å². The van der Waals surface area contributed by atoms with Crippen LogP contribution in [0.3, 0.4) is 0 Å². The van der Waals surface area contributed by atoms with Gasteiger partial charge in [-0.05, 0) is 161 Å². The second-order valence-electron chi connectivity index (χ2n) is 31.8. The first-order valence-corrected chi connectivity index (χ1v) is 51.1. The van der Waals surface area contributed by atoms with Crippen LogP contribution in [0.1, 0.15) is 393 Å². The van der Waals surface area contributed by atoms with Crippen LogP contribution in [0, 0.1) is 0 Å². The maximum Gasteiger partial charge on any atom is 0.472 e. The molecule has 0 aliphatic rings. The molecule has 5 unspecified atom stereocenters. The van der Waals surface area contributed by atoms with E-state index in [4.69, 9.17) is 32.3 Å². The number of unbranched alkanes of at least 4 members (excludes halogenated alkanes) is 37. The number of phosphoric ester groups is 2. The van der Waals surface area contributed by atoms with Crippen molar-refractivity contribution in [3.05, 3.63) is 182 Å². The summed E-state index contributed by atoms with van der Waals surface area (Å²) in [4.78, 5) is 59.1. The van der Waals surface area contributed by atoms with Gasteiger partial charge >= 0.3 is 33.6 Å². The summed E-state index contributed by atoms with van der Waals surface area (Å²) >= 11 is 0. The number of ether oxygens (including phenoxy) is 3. The van der Waals surface area contributed by atoms with Crippen LogP contribution in [0.2, 0.25) is 0 Å². The van der Waals surface area contributed by atoms with Crippen molar-refractivity contribution in [2.45, 2.75) is 411 Å². The van der Waals surface area contributed by atoms with Gasteiger partial charge < -0.3 is 34.2 Å². The van der Waals surface area contributed by atoms with Gasteiger partial charge in [0.05, 0.1) is 26.4 Å². The van der Waals surface area contributed by atoms with Crippen LogP contribution in [0.5, 0.6) is 0 Å². The second kappa shape index (κ2) is 93.8. The second-order valence-corrected chi connectivity index (χ2v) is 34.7. The van der Waals surface area contributed by atoms with Crippen molar-refractivity contribution in [2.24, 2.45) is 0 Å². The van der Waals surface area contributed by atoms with Gasteiger partial charge in [0, 0.05) is 19.3 Å². The zero-order chi connectivity index (χ0) is 87.9. The molecular weight excluding hydrogens is 1560 g/mol. The lowest BCUT2D eigenvalue weighted by Gasteiger charge is -2.21. The maximum atomic E-state index is 13.1. The van der Waals surface area contributed by atoms with Gasteiger partial charge in [-0.2, -0.15) is 0 Å². The van der Waals surface area contributed by atoms with Crippen LogP contribution in [0.25, 0.3) is 0 Å². The van der Waals surface area contributed by atoms with Crippen LogP contribution >= 0.6 is 15.6 Å². The molecule has 0 bridgehead atoms. The summed E-state index contributed by atoms with van der Waals surface area (Å²) < 4.78 is 61.6. The van der Waals surface area contributed by atoms with Crippen molar-refractivity contribution in [2.75, 3.05) is 39.6 Å². The minimum Gasteiger partial charge on any atom is -0.463 e. The Morgan fingerprint density at radius 3 is 0.694 bits per heavy atom. The molecule has 0 saturated carbocycles. The zero-order valence-corrected chi connectivity index (χ0v) is 78.2. The number of aliphatic hydroxyl groups excluding tert-OH is 2. The lowest BCUT2D eigenvalue weighted by Crippen LogP contribution is -2.30. The van der Waals surface area contributed by atoms with Crippen LogP contribution in [0.4, 0.5) is 0 Å². The number of esters is 3. The van der Waals surface area contributed by atoms with Crippen LogP contribution < -0.4 is 0 Å². The van der Waals surface area contributed by atoms with E-state index in [1.165, 1.54) is 154 Å². The fraction of sp³-hybridized carbons (Fsp3) is 0.680. The van der Waals surface area contributed by atoms with E-state index in [-0.39, 0.29) is 19.3 Å². The Bertz CT molecular complexity index is 2930. The highest BCUT2D eigenvalue weighted by atomic mass is 31.2. The van der Waals surface area contributed by atoms with Crippen molar-refractivity contribution in [1.82, 2.24) is 0 Å². The smallest absolute Gasteiger partial charge is 0.463 e. The zero-order valence-electron chi connectivity index (χ0n) is 76.4. The molecule has 0 heterocycles. The summed E-state index contributed by atoms with van der Waals surface area (Å²) in [5.74, 6) is -1.58. The van der Waals surface area contributed by atoms with Crippen molar-refractivity contribution in [1.29, 1.82) is 0 Å². The SMILES string of the molecule is CC/C=C\C/C=C\C/C=C\C/C=C\C/C=C\C/C=C\CCCCCCCCCCC(=O)OCC(COP(=O)(O)OCC(O)COP(=O)(O)OCC(O)COC(=O)CCCCCCCCCCCCCCCCCCC/C=C\C/C=C\C/C=C\C/C=C\C/C=C\CC)OC(=O)CCCCCCCCCCC/C=C\C/C=C\C/C=C\C/C=C\CCCCC. The van der Waals surface area contributed by atoms with E-state index in [0.29, 0.717) is 19.3 Å². The summed E-state index contributed by atoms with van der Waals surface area (Å²) in [7, 11) is -9.82. The Morgan fingerprint density at radius 2 is 0.438 bits per heavy atom. The average molecular weight is 1730 g/mol. The highest BCUT2D eigenvalue weighted by Gasteiger charge is 2.30. The number of hydrogen-bond donors (Lipinski definition) is 4. The fourth-order valence-electron chi connectivity index (χ4n) is 12.9. The molecule has 4 N–H and O–H groups in total. The Morgan fingerprint density at radius 1 is 0.240 bits per heavy atom. The average Bonchev–Trinajstić information content (AvgIpc) is 0.895. The molecule has 0 spiro atoms. The number of carbonyl (C=O) groups excluding carboxylic acids is 3. The quantitative estimate of drug-likeness (QED) is 0.0146. The molecular formula is C103H174O16P2. The predicted molar refractivity (Wildman–Crippen MR) is 509 cm³/mol. The Kier molecular flexibility index (Phi) is 89.6. The molecule has 692 valence electrons. The van der Waals surface area contributed by atoms with Gasteiger partial charge in [0.2, 0.25) is 0 Å². The molecule has 0 saturated heterocycles. The molecule has 0 aromatic rings. The Balaban J connectivity index is 4.62. The first kappa shape index (κ1) is 116. The lowest BCUT2D eigenvalue weighted by atomic mass is 10.0. The van der Waals surface area contributed by atoms with Crippen molar-refractivity contribution >= 4 is 33.6 Å². The van der Waals surface area contributed by atoms with Gasteiger partial charge in [-0.1, -0.05) is 396 Å². The summed E-state index contributed by atoms with van der Waals surface area (Å²) in [5, 5.41) is 20.8. The normalized spacial score (nSPS) is 14.5. The molecule has 0 aliphatic heterocycles. The van der Waals surface area contributed by atoms with E-state index in [9.17, 15) is 43.5 Å². The van der Waals surface area contributed by atoms with Crippen LogP contribution in [-0.4, -0.2) is 95.9 Å². The predicted octanol–water partition coefficient (Wildman–Crippen LogP) is 30.0. The summed E-state index contributed by atoms with van der Waals surface area (Å²) in [6.45, 7) is 2.46. The number of aliphatic hydroxyl groups is 2. The number of phosphoric acid groups is 2. The van der Waals surface area contributed by atoms with Gasteiger partial charge in [0.25, 0.3) is 0 Å². The number of rotatable bonds is 90. The molecule has 0 amide bonds. The highest BCUT2D eigenvalue weighted by Crippen LogP contribution is 2.45. The molecule has 5 atom stereocenters. The molecule has 0 aromatic heterocycles. The molecule has 121 heavy (non-hydrogen) atoms. The third-order valence-corrected chi connectivity index (χ3v) is 22.0. The number of allylic oxidation sites excluding steroid dienone is 30. The summed E-state index contributed by atoms with van der Waals surface area (Å²) in [6.07, 6.45) is 124. The monoisotopic (exact) mass is 1730 g/mol. The first-order valence-electron chi connectivity index (χ1n) is 48.1. The van der Waals surface area contributed by atoms with E-state index in [2.05, 4.69) is 203 Å². The van der Waals surface area contributed by atoms with E-state index in [1.807, 2.05) is 0 Å². The minimum atomic E-state index is -4.95. The van der Waals surface area contributed by atoms with Gasteiger partial charge in [0.1, 0.15) is 25.4 Å². The van der Waals surface area contributed by atoms with E-state index < -0.39 is 91.5 Å². The Hall–Kier alpha value is -5.35. The van der Waals surface area contributed by atoms with Gasteiger partial charge in [-0.15, -0.1) is 0 Å². The van der Waals surface area contributed by atoms with E-state index >= 15 is 0 Å².